The Balaban J connectivity index is 4.37. The van der Waals surface area contributed by atoms with Gasteiger partial charge in [0.05, 0.1) is 19.7 Å². The van der Waals surface area contributed by atoms with Gasteiger partial charge in [-0.05, 0) is 20.8 Å². The second-order valence-corrected chi connectivity index (χ2v) is 3.12. The quantitative estimate of drug-likeness (QED) is 0.478. The fourth-order valence-corrected chi connectivity index (χ4v) is 1.15. The monoisotopic (exact) mass is 184 g/mol. The zero-order valence-electron chi connectivity index (χ0n) is 8.57. The molecular weight excluding hydrogens is 168 g/mol. The molecule has 0 aliphatic rings. The summed E-state index contributed by atoms with van der Waals surface area (Å²) in [5.74, 6) is -0.302. The van der Waals surface area contributed by atoms with Crippen molar-refractivity contribution in [2.45, 2.75) is 32.9 Å². The van der Waals surface area contributed by atoms with Gasteiger partial charge in [0.25, 0.3) is 0 Å². The fraction of sp³-hybridized carbons (Fsp3) is 0.778. The van der Waals surface area contributed by atoms with Crippen molar-refractivity contribution >= 4 is 5.97 Å². The summed E-state index contributed by atoms with van der Waals surface area (Å²) in [4.78, 5) is 12.9. The van der Waals surface area contributed by atoms with E-state index in [1.807, 2.05) is 19.9 Å². The summed E-state index contributed by atoms with van der Waals surface area (Å²) < 4.78 is 4.60. The molecule has 0 aromatic heterocycles. The normalized spacial score (nSPS) is 12.7. The number of hydrogen-bond acceptors (Lipinski definition) is 4. The molecule has 0 spiro atoms. The molecule has 4 heteroatoms. The molecule has 0 aliphatic carbocycles. The van der Waals surface area contributed by atoms with E-state index >= 15 is 0 Å². The maximum atomic E-state index is 11.2. The van der Waals surface area contributed by atoms with Crippen LogP contribution in [0.2, 0.25) is 0 Å². The number of nitrogens with zero attached hydrogens (tertiary/aromatic N) is 2. The molecule has 1 atom stereocenters. The Morgan fingerprint density at radius 1 is 1.54 bits per heavy atom. The van der Waals surface area contributed by atoms with Crippen LogP contribution in [0.5, 0.6) is 0 Å². The summed E-state index contributed by atoms with van der Waals surface area (Å²) in [6.45, 7) is 5.87. The zero-order valence-corrected chi connectivity index (χ0v) is 8.57. The largest absolute Gasteiger partial charge is 0.468 e. The van der Waals surface area contributed by atoms with Gasteiger partial charge in [-0.15, -0.1) is 0 Å². The summed E-state index contributed by atoms with van der Waals surface area (Å²) in [6.07, 6.45) is 0. The number of carbonyl (C=O) groups is 1. The van der Waals surface area contributed by atoms with Crippen LogP contribution in [0, 0.1) is 11.3 Å². The van der Waals surface area contributed by atoms with Gasteiger partial charge in [0, 0.05) is 6.04 Å². The predicted octanol–water partition coefficient (Wildman–Crippen LogP) is 0.782. The highest BCUT2D eigenvalue weighted by atomic mass is 16.5. The molecule has 0 N–H and O–H groups in total. The van der Waals surface area contributed by atoms with Gasteiger partial charge in [-0.25, -0.2) is 0 Å². The van der Waals surface area contributed by atoms with Gasteiger partial charge in [0.15, 0.2) is 0 Å². The number of esters is 1. The van der Waals surface area contributed by atoms with E-state index in [1.54, 1.807) is 11.8 Å². The van der Waals surface area contributed by atoms with Crippen LogP contribution in [0.4, 0.5) is 0 Å². The first kappa shape index (κ1) is 11.9. The van der Waals surface area contributed by atoms with E-state index in [0.29, 0.717) is 0 Å². The number of methoxy groups -OCH3 is 1. The molecule has 0 saturated heterocycles. The van der Waals surface area contributed by atoms with Gasteiger partial charge in [-0.2, -0.15) is 5.26 Å². The average Bonchev–Trinajstić information content (AvgIpc) is 2.11. The van der Waals surface area contributed by atoms with Crippen molar-refractivity contribution in [2.75, 3.05) is 13.7 Å². The highest BCUT2D eigenvalue weighted by molar-refractivity contribution is 5.75. The van der Waals surface area contributed by atoms with Crippen LogP contribution in [0.15, 0.2) is 0 Å². The van der Waals surface area contributed by atoms with Crippen molar-refractivity contribution < 1.29 is 9.53 Å². The SMILES string of the molecule is COC(=O)C(C)N(CC#N)C(C)C. The van der Waals surface area contributed by atoms with Gasteiger partial charge >= 0.3 is 5.97 Å². The highest BCUT2D eigenvalue weighted by Crippen LogP contribution is 2.05. The van der Waals surface area contributed by atoms with Gasteiger partial charge < -0.3 is 4.74 Å². The van der Waals surface area contributed by atoms with Crippen molar-refractivity contribution in [1.82, 2.24) is 4.90 Å². The van der Waals surface area contributed by atoms with Crippen LogP contribution in [0.3, 0.4) is 0 Å². The smallest absolute Gasteiger partial charge is 0.322 e. The Hall–Kier alpha value is -1.08. The van der Waals surface area contributed by atoms with E-state index in [9.17, 15) is 4.79 Å². The topological polar surface area (TPSA) is 53.3 Å². The van der Waals surface area contributed by atoms with E-state index < -0.39 is 0 Å². The molecule has 0 aliphatic heterocycles. The lowest BCUT2D eigenvalue weighted by atomic mass is 10.2. The van der Waals surface area contributed by atoms with Gasteiger partial charge in [0.1, 0.15) is 6.04 Å². The molecule has 0 rings (SSSR count). The van der Waals surface area contributed by atoms with Crippen molar-refractivity contribution in [3.05, 3.63) is 0 Å². The van der Waals surface area contributed by atoms with E-state index in [0.717, 1.165) is 0 Å². The first-order valence-electron chi connectivity index (χ1n) is 4.25. The number of carbonyl (C=O) groups excluding carboxylic acids is 1. The lowest BCUT2D eigenvalue weighted by Crippen LogP contribution is -2.44. The third-order valence-corrected chi connectivity index (χ3v) is 1.96. The van der Waals surface area contributed by atoms with Gasteiger partial charge in [0.2, 0.25) is 0 Å². The number of hydrogen-bond donors (Lipinski definition) is 0. The Labute approximate surface area is 79.1 Å². The minimum atomic E-state index is -0.357. The van der Waals surface area contributed by atoms with E-state index in [4.69, 9.17) is 5.26 Å². The van der Waals surface area contributed by atoms with Crippen molar-refractivity contribution in [3.8, 4) is 6.07 Å². The lowest BCUT2D eigenvalue weighted by Gasteiger charge is -2.28. The molecule has 0 radical (unpaired) electrons. The van der Waals surface area contributed by atoms with Crippen LogP contribution in [0.1, 0.15) is 20.8 Å². The molecular formula is C9H16N2O2. The number of nitriles is 1. The molecule has 0 bridgehead atoms. The fourth-order valence-electron chi connectivity index (χ4n) is 1.15. The highest BCUT2D eigenvalue weighted by Gasteiger charge is 2.23. The summed E-state index contributed by atoms with van der Waals surface area (Å²) in [5.41, 5.74) is 0. The van der Waals surface area contributed by atoms with Crippen LogP contribution < -0.4 is 0 Å². The number of ether oxygens (including phenoxy) is 1. The average molecular weight is 184 g/mol. The first-order chi connectivity index (χ1) is 6.04. The van der Waals surface area contributed by atoms with Crippen LogP contribution in [-0.4, -0.2) is 36.6 Å². The third-order valence-electron chi connectivity index (χ3n) is 1.96. The minimum Gasteiger partial charge on any atom is -0.468 e. The Morgan fingerprint density at radius 2 is 2.08 bits per heavy atom. The Morgan fingerprint density at radius 3 is 2.38 bits per heavy atom. The van der Waals surface area contributed by atoms with E-state index in [1.165, 1.54) is 7.11 Å². The van der Waals surface area contributed by atoms with Gasteiger partial charge in [-0.1, -0.05) is 0 Å². The molecule has 0 aromatic carbocycles. The molecule has 0 fully saturated rings. The predicted molar refractivity (Wildman–Crippen MR) is 48.9 cm³/mol. The zero-order chi connectivity index (χ0) is 10.4. The van der Waals surface area contributed by atoms with Gasteiger partial charge in [-0.3, -0.25) is 9.69 Å². The molecule has 1 unspecified atom stereocenters. The molecule has 0 saturated carbocycles. The van der Waals surface area contributed by atoms with Crippen molar-refractivity contribution in [2.24, 2.45) is 0 Å². The number of rotatable bonds is 4. The molecule has 4 nitrogen and oxygen atoms in total. The Bertz CT molecular complexity index is 208. The molecule has 13 heavy (non-hydrogen) atoms. The maximum absolute atomic E-state index is 11.2. The minimum absolute atomic E-state index is 0.161. The third kappa shape index (κ3) is 3.43. The van der Waals surface area contributed by atoms with Crippen molar-refractivity contribution in [3.63, 3.8) is 0 Å². The maximum Gasteiger partial charge on any atom is 0.322 e. The molecule has 0 heterocycles. The summed E-state index contributed by atoms with van der Waals surface area (Å²) in [5, 5.41) is 8.55. The standard InChI is InChI=1S/C9H16N2O2/c1-7(2)11(6-5-10)8(3)9(12)13-4/h7-8H,6H2,1-4H3. The summed E-state index contributed by atoms with van der Waals surface area (Å²) in [6, 6.07) is 1.83. The lowest BCUT2D eigenvalue weighted by molar-refractivity contribution is -0.146. The van der Waals surface area contributed by atoms with Crippen molar-refractivity contribution in [1.29, 1.82) is 5.26 Å². The second-order valence-electron chi connectivity index (χ2n) is 3.12. The molecule has 0 aromatic rings. The molecule has 0 amide bonds. The van der Waals surface area contributed by atoms with Crippen LogP contribution >= 0.6 is 0 Å². The van der Waals surface area contributed by atoms with E-state index in [-0.39, 0.29) is 24.6 Å². The summed E-state index contributed by atoms with van der Waals surface area (Å²) >= 11 is 0. The summed E-state index contributed by atoms with van der Waals surface area (Å²) in [7, 11) is 1.35. The Kier molecular flexibility index (Phi) is 5.09. The first-order valence-corrected chi connectivity index (χ1v) is 4.25. The molecule has 74 valence electrons. The second kappa shape index (κ2) is 5.55. The van der Waals surface area contributed by atoms with E-state index in [2.05, 4.69) is 4.74 Å². The van der Waals surface area contributed by atoms with Crippen LogP contribution in [-0.2, 0) is 9.53 Å². The van der Waals surface area contributed by atoms with Crippen LogP contribution in [0.25, 0.3) is 0 Å².